The first-order valence-electron chi connectivity index (χ1n) is 4.66. The predicted octanol–water partition coefficient (Wildman–Crippen LogP) is 2.51. The Bertz CT molecular complexity index is 441. The third kappa shape index (κ3) is 1.22. The lowest BCUT2D eigenvalue weighted by Gasteiger charge is -1.96. The molecule has 0 aliphatic rings. The molecule has 0 spiro atoms. The lowest BCUT2D eigenvalue weighted by molar-refractivity contribution is 1.02. The van der Waals surface area contributed by atoms with E-state index in [1.165, 1.54) is 17.0 Å². The second-order valence-corrected chi connectivity index (χ2v) is 3.43. The minimum atomic E-state index is 1.01. The van der Waals surface area contributed by atoms with Crippen LogP contribution in [0.15, 0.2) is 18.3 Å². The molecule has 0 N–H and O–H groups in total. The number of imidazole rings is 1. The quantitative estimate of drug-likeness (QED) is 0.649. The number of nitrogens with zero attached hydrogens (tertiary/aromatic N) is 2. The number of pyridine rings is 1. The van der Waals surface area contributed by atoms with E-state index in [0.29, 0.717) is 0 Å². The molecular weight excluding hydrogens is 160 g/mol. The molecule has 0 fully saturated rings. The molecule has 13 heavy (non-hydrogen) atoms. The SMILES string of the molecule is CCc1nc2cc(C)ccn2c1C. The summed E-state index contributed by atoms with van der Waals surface area (Å²) in [7, 11) is 0. The molecule has 68 valence electrons. The van der Waals surface area contributed by atoms with Crippen molar-refractivity contribution in [3.05, 3.63) is 35.3 Å². The van der Waals surface area contributed by atoms with Crippen LogP contribution in [-0.4, -0.2) is 9.38 Å². The Kier molecular flexibility index (Phi) is 1.83. The number of hydrogen-bond acceptors (Lipinski definition) is 1. The van der Waals surface area contributed by atoms with E-state index in [0.717, 1.165) is 12.1 Å². The minimum Gasteiger partial charge on any atom is -0.304 e. The van der Waals surface area contributed by atoms with E-state index >= 15 is 0 Å². The molecule has 0 bridgehead atoms. The first-order valence-corrected chi connectivity index (χ1v) is 4.66. The van der Waals surface area contributed by atoms with Gasteiger partial charge in [-0.1, -0.05) is 6.92 Å². The Labute approximate surface area is 78.2 Å². The largest absolute Gasteiger partial charge is 0.304 e. The van der Waals surface area contributed by atoms with Crippen LogP contribution in [0, 0.1) is 13.8 Å². The molecule has 2 aromatic heterocycles. The highest BCUT2D eigenvalue weighted by atomic mass is 15.0. The molecule has 0 aromatic carbocycles. The van der Waals surface area contributed by atoms with Gasteiger partial charge in [0.2, 0.25) is 0 Å². The molecule has 0 saturated carbocycles. The van der Waals surface area contributed by atoms with Gasteiger partial charge in [0.25, 0.3) is 0 Å². The maximum atomic E-state index is 4.55. The summed E-state index contributed by atoms with van der Waals surface area (Å²) in [6.45, 7) is 6.35. The summed E-state index contributed by atoms with van der Waals surface area (Å²) in [5.74, 6) is 0. The van der Waals surface area contributed by atoms with Gasteiger partial charge in [-0.3, -0.25) is 0 Å². The lowest BCUT2D eigenvalue weighted by atomic mass is 10.3. The molecular formula is C11H14N2. The zero-order valence-corrected chi connectivity index (χ0v) is 8.33. The van der Waals surface area contributed by atoms with Gasteiger partial charge in [-0.25, -0.2) is 4.98 Å². The second-order valence-electron chi connectivity index (χ2n) is 3.43. The first kappa shape index (κ1) is 8.30. The van der Waals surface area contributed by atoms with Gasteiger partial charge in [0, 0.05) is 11.9 Å². The van der Waals surface area contributed by atoms with Crippen LogP contribution in [0.3, 0.4) is 0 Å². The monoisotopic (exact) mass is 174 g/mol. The minimum absolute atomic E-state index is 1.01. The van der Waals surface area contributed by atoms with Crippen molar-refractivity contribution in [2.24, 2.45) is 0 Å². The molecule has 2 nitrogen and oxygen atoms in total. The standard InChI is InChI=1S/C11H14N2/c1-4-10-9(3)13-6-5-8(2)7-11(13)12-10/h5-7H,4H2,1-3H3. The van der Waals surface area contributed by atoms with Crippen molar-refractivity contribution < 1.29 is 0 Å². The van der Waals surface area contributed by atoms with E-state index in [-0.39, 0.29) is 0 Å². The van der Waals surface area contributed by atoms with E-state index in [1.807, 2.05) is 0 Å². The van der Waals surface area contributed by atoms with Crippen molar-refractivity contribution in [3.63, 3.8) is 0 Å². The smallest absolute Gasteiger partial charge is 0.137 e. The number of hydrogen-bond donors (Lipinski definition) is 0. The molecule has 0 radical (unpaired) electrons. The van der Waals surface area contributed by atoms with E-state index in [1.54, 1.807) is 0 Å². The van der Waals surface area contributed by atoms with Crippen LogP contribution in [0.2, 0.25) is 0 Å². The maximum Gasteiger partial charge on any atom is 0.137 e. The van der Waals surface area contributed by atoms with Crippen molar-refractivity contribution in [2.75, 3.05) is 0 Å². The van der Waals surface area contributed by atoms with Crippen molar-refractivity contribution in [1.82, 2.24) is 9.38 Å². The molecule has 2 rings (SSSR count). The Morgan fingerprint density at radius 1 is 1.38 bits per heavy atom. The van der Waals surface area contributed by atoms with Crippen molar-refractivity contribution in [2.45, 2.75) is 27.2 Å². The third-order valence-electron chi connectivity index (χ3n) is 2.45. The highest BCUT2D eigenvalue weighted by Gasteiger charge is 2.04. The molecule has 0 amide bonds. The molecule has 0 atom stereocenters. The topological polar surface area (TPSA) is 17.3 Å². The van der Waals surface area contributed by atoms with Crippen molar-refractivity contribution >= 4 is 5.65 Å². The van der Waals surface area contributed by atoms with Gasteiger partial charge >= 0.3 is 0 Å². The highest BCUT2D eigenvalue weighted by Crippen LogP contribution is 2.13. The molecule has 2 heteroatoms. The van der Waals surface area contributed by atoms with Crippen molar-refractivity contribution in [1.29, 1.82) is 0 Å². The summed E-state index contributed by atoms with van der Waals surface area (Å²) in [5, 5.41) is 0. The van der Waals surface area contributed by atoms with Crippen molar-refractivity contribution in [3.8, 4) is 0 Å². The summed E-state index contributed by atoms with van der Waals surface area (Å²) in [4.78, 5) is 4.55. The molecule has 0 unspecified atom stereocenters. The van der Waals surface area contributed by atoms with Crippen LogP contribution in [0.25, 0.3) is 5.65 Å². The van der Waals surface area contributed by atoms with Gasteiger partial charge in [0.15, 0.2) is 0 Å². The third-order valence-corrected chi connectivity index (χ3v) is 2.45. The fourth-order valence-corrected chi connectivity index (χ4v) is 1.65. The lowest BCUT2D eigenvalue weighted by Crippen LogP contribution is -1.88. The fourth-order valence-electron chi connectivity index (χ4n) is 1.65. The van der Waals surface area contributed by atoms with Crippen LogP contribution in [0.4, 0.5) is 0 Å². The molecule has 2 aromatic rings. The maximum absolute atomic E-state index is 4.55. The second kappa shape index (κ2) is 2.87. The first-order chi connectivity index (χ1) is 6.22. The van der Waals surface area contributed by atoms with Gasteiger partial charge in [-0.2, -0.15) is 0 Å². The van der Waals surface area contributed by atoms with Gasteiger partial charge in [0.1, 0.15) is 5.65 Å². The number of fused-ring (bicyclic) bond motifs is 1. The van der Waals surface area contributed by atoms with Crippen LogP contribution >= 0.6 is 0 Å². The molecule has 0 saturated heterocycles. The predicted molar refractivity (Wildman–Crippen MR) is 54.0 cm³/mol. The summed E-state index contributed by atoms with van der Waals surface area (Å²) in [6, 6.07) is 4.23. The van der Waals surface area contributed by atoms with Gasteiger partial charge in [-0.05, 0) is 38.0 Å². The van der Waals surface area contributed by atoms with Crippen LogP contribution in [0.1, 0.15) is 23.9 Å². The summed E-state index contributed by atoms with van der Waals surface area (Å²) < 4.78 is 2.14. The fraction of sp³-hybridized carbons (Fsp3) is 0.364. The molecule has 2 heterocycles. The molecule has 0 aliphatic carbocycles. The Hall–Kier alpha value is -1.31. The highest BCUT2D eigenvalue weighted by molar-refractivity contribution is 5.45. The van der Waals surface area contributed by atoms with E-state index in [2.05, 4.69) is 48.5 Å². The van der Waals surface area contributed by atoms with Gasteiger partial charge in [0.05, 0.1) is 5.69 Å². The number of aryl methyl sites for hydroxylation is 3. The van der Waals surface area contributed by atoms with Gasteiger partial charge in [-0.15, -0.1) is 0 Å². The van der Waals surface area contributed by atoms with Gasteiger partial charge < -0.3 is 4.40 Å². The van der Waals surface area contributed by atoms with E-state index in [9.17, 15) is 0 Å². The number of rotatable bonds is 1. The Balaban J connectivity index is 2.76. The summed E-state index contributed by atoms with van der Waals surface area (Å²) in [5.41, 5.74) is 4.79. The average Bonchev–Trinajstić information content (AvgIpc) is 2.42. The van der Waals surface area contributed by atoms with Crippen LogP contribution in [0.5, 0.6) is 0 Å². The average molecular weight is 174 g/mol. The van der Waals surface area contributed by atoms with E-state index in [4.69, 9.17) is 0 Å². The number of aromatic nitrogens is 2. The zero-order valence-electron chi connectivity index (χ0n) is 8.33. The van der Waals surface area contributed by atoms with Crippen LogP contribution < -0.4 is 0 Å². The molecule has 0 aliphatic heterocycles. The van der Waals surface area contributed by atoms with E-state index < -0.39 is 0 Å². The Morgan fingerprint density at radius 3 is 2.85 bits per heavy atom. The normalized spacial score (nSPS) is 11.0. The Morgan fingerprint density at radius 2 is 2.15 bits per heavy atom. The summed E-state index contributed by atoms with van der Waals surface area (Å²) in [6.07, 6.45) is 3.10. The zero-order chi connectivity index (χ0) is 9.42. The van der Waals surface area contributed by atoms with Crippen LogP contribution in [-0.2, 0) is 6.42 Å². The summed E-state index contributed by atoms with van der Waals surface area (Å²) >= 11 is 0.